The molecule has 5 rings (SSSR count). The number of carbonyl (C=O) groups excluding carboxylic acids is 2. The molecule has 0 radical (unpaired) electrons. The zero-order valence-corrected chi connectivity index (χ0v) is 25.5. The highest BCUT2D eigenvalue weighted by atomic mass is 35.5. The molecule has 0 aliphatic carbocycles. The van der Waals surface area contributed by atoms with Crippen LogP contribution >= 0.6 is 23.2 Å². The van der Waals surface area contributed by atoms with Gasteiger partial charge in [-0.05, 0) is 59.9 Å². The summed E-state index contributed by atoms with van der Waals surface area (Å²) in [7, 11) is 2.00. The number of nitrogens with zero attached hydrogens (tertiary/aromatic N) is 8. The van der Waals surface area contributed by atoms with E-state index in [-0.39, 0.29) is 17.5 Å². The summed E-state index contributed by atoms with van der Waals surface area (Å²) in [6.45, 7) is 2.61. The van der Waals surface area contributed by atoms with Crippen LogP contribution in [0.1, 0.15) is 23.6 Å². The number of piperazine rings is 1. The molecule has 3 N–H and O–H groups in total. The lowest BCUT2D eigenvalue weighted by atomic mass is 10.0. The average Bonchev–Trinajstić information content (AvgIpc) is 3.55. The van der Waals surface area contributed by atoms with Crippen LogP contribution in [0.2, 0.25) is 10.2 Å². The van der Waals surface area contributed by atoms with Crippen molar-refractivity contribution in [3.63, 3.8) is 0 Å². The summed E-state index contributed by atoms with van der Waals surface area (Å²) in [6.07, 6.45) is 3.07. The highest BCUT2D eigenvalue weighted by Gasteiger charge is 2.26. The van der Waals surface area contributed by atoms with Crippen LogP contribution in [-0.2, 0) is 9.59 Å². The third-order valence-corrected chi connectivity index (χ3v) is 7.66. The first-order chi connectivity index (χ1) is 21.7. The lowest BCUT2D eigenvalue weighted by Gasteiger charge is -2.33. The van der Waals surface area contributed by atoms with Crippen molar-refractivity contribution < 1.29 is 19.5 Å². The van der Waals surface area contributed by atoms with Gasteiger partial charge in [-0.3, -0.25) is 14.9 Å². The standard InChI is InChI=1S/C29H28Cl2N10O4/c1-39-10-12-40(13-11-39)27(43)16-24(22-15-23(35-36-28(22)31)18-2-6-21(7-3-18)33-29(44)45)34-26(42)9-4-19-14-20(30)5-8-25(19)41-17-32-37-38-41/h2-9,14-15,17,24,33H,10-13,16H2,1H3,(H,34,42)(H,44,45). The zero-order chi connectivity index (χ0) is 31.9. The van der Waals surface area contributed by atoms with Gasteiger partial charge in [-0.1, -0.05) is 35.3 Å². The first-order valence-corrected chi connectivity index (χ1v) is 14.5. The monoisotopic (exact) mass is 650 g/mol. The van der Waals surface area contributed by atoms with Gasteiger partial charge < -0.3 is 20.2 Å². The van der Waals surface area contributed by atoms with Crippen molar-refractivity contribution in [3.05, 3.63) is 82.2 Å². The van der Waals surface area contributed by atoms with Crippen molar-refractivity contribution in [1.82, 2.24) is 45.5 Å². The number of halogens is 2. The Morgan fingerprint density at radius 2 is 1.78 bits per heavy atom. The average molecular weight is 652 g/mol. The van der Waals surface area contributed by atoms with Crippen molar-refractivity contribution in [2.45, 2.75) is 12.5 Å². The second kappa shape index (κ2) is 14.2. The number of anilines is 1. The van der Waals surface area contributed by atoms with Gasteiger partial charge in [0.25, 0.3) is 0 Å². The fraction of sp³-hybridized carbons (Fsp3) is 0.241. The smallest absolute Gasteiger partial charge is 0.409 e. The van der Waals surface area contributed by atoms with Gasteiger partial charge >= 0.3 is 6.09 Å². The van der Waals surface area contributed by atoms with Crippen molar-refractivity contribution in [2.75, 3.05) is 38.5 Å². The number of hydrogen-bond donors (Lipinski definition) is 3. The van der Waals surface area contributed by atoms with Crippen LogP contribution in [-0.4, -0.2) is 96.4 Å². The molecule has 4 aromatic rings. The van der Waals surface area contributed by atoms with Gasteiger partial charge in [-0.15, -0.1) is 15.3 Å². The van der Waals surface area contributed by atoms with Crippen LogP contribution in [0.15, 0.2) is 60.9 Å². The van der Waals surface area contributed by atoms with E-state index >= 15 is 0 Å². The summed E-state index contributed by atoms with van der Waals surface area (Å²) in [5, 5.41) is 34.1. The molecule has 0 bridgehead atoms. The molecule has 0 saturated carbocycles. The Hall–Kier alpha value is -4.92. The molecule has 1 atom stereocenters. The van der Waals surface area contributed by atoms with E-state index in [1.807, 2.05) is 7.05 Å². The minimum absolute atomic E-state index is 0.0270. The molecule has 232 valence electrons. The van der Waals surface area contributed by atoms with Crippen LogP contribution in [0.25, 0.3) is 23.0 Å². The van der Waals surface area contributed by atoms with E-state index < -0.39 is 18.0 Å². The largest absolute Gasteiger partial charge is 0.465 e. The van der Waals surface area contributed by atoms with Gasteiger partial charge in [0.1, 0.15) is 6.33 Å². The normalized spacial score (nSPS) is 14.3. The van der Waals surface area contributed by atoms with Crippen molar-refractivity contribution in [3.8, 4) is 16.9 Å². The Morgan fingerprint density at radius 1 is 1.02 bits per heavy atom. The first kappa shape index (κ1) is 31.5. The highest BCUT2D eigenvalue weighted by Crippen LogP contribution is 2.29. The molecule has 2 aromatic carbocycles. The van der Waals surface area contributed by atoms with E-state index in [1.165, 1.54) is 17.1 Å². The molecular formula is C29H28Cl2N10O4. The Kier molecular flexibility index (Phi) is 9.97. The van der Waals surface area contributed by atoms with E-state index in [1.54, 1.807) is 59.5 Å². The molecule has 45 heavy (non-hydrogen) atoms. The Bertz CT molecular complexity index is 1710. The summed E-state index contributed by atoms with van der Waals surface area (Å²) >= 11 is 12.7. The maximum atomic E-state index is 13.4. The number of carboxylic acid groups (broad SMARTS) is 1. The van der Waals surface area contributed by atoms with Crippen LogP contribution in [0.5, 0.6) is 0 Å². The molecule has 3 heterocycles. The van der Waals surface area contributed by atoms with Gasteiger partial charge in [0, 0.05) is 59.7 Å². The number of hydrogen-bond acceptors (Lipinski definition) is 9. The van der Waals surface area contributed by atoms with Gasteiger partial charge in [0.2, 0.25) is 11.8 Å². The maximum Gasteiger partial charge on any atom is 0.409 e. The van der Waals surface area contributed by atoms with E-state index in [0.29, 0.717) is 51.9 Å². The number of rotatable bonds is 9. The number of benzene rings is 2. The number of nitrogens with one attached hydrogen (secondary N) is 2. The second-order valence-electron chi connectivity index (χ2n) is 10.2. The number of carbonyl (C=O) groups is 3. The molecule has 1 aliphatic heterocycles. The van der Waals surface area contributed by atoms with Crippen molar-refractivity contribution >= 4 is 52.9 Å². The molecule has 1 aliphatic rings. The maximum absolute atomic E-state index is 13.4. The fourth-order valence-electron chi connectivity index (χ4n) is 4.75. The molecular weight excluding hydrogens is 623 g/mol. The summed E-state index contributed by atoms with van der Waals surface area (Å²) in [5.74, 6) is -0.640. The van der Waals surface area contributed by atoms with Gasteiger partial charge in [0.05, 0.1) is 23.8 Å². The summed E-state index contributed by atoms with van der Waals surface area (Å²) in [6, 6.07) is 12.4. The number of aromatic nitrogens is 6. The van der Waals surface area contributed by atoms with E-state index in [4.69, 9.17) is 28.3 Å². The molecule has 1 saturated heterocycles. The van der Waals surface area contributed by atoms with Crippen LogP contribution in [0.3, 0.4) is 0 Å². The minimum Gasteiger partial charge on any atom is -0.465 e. The van der Waals surface area contributed by atoms with Crippen molar-refractivity contribution in [2.24, 2.45) is 0 Å². The minimum atomic E-state index is -1.18. The van der Waals surface area contributed by atoms with E-state index in [9.17, 15) is 14.4 Å². The van der Waals surface area contributed by atoms with Gasteiger partial charge in [-0.25, -0.2) is 4.79 Å². The predicted molar refractivity (Wildman–Crippen MR) is 167 cm³/mol. The Balaban J connectivity index is 1.42. The highest BCUT2D eigenvalue weighted by molar-refractivity contribution is 6.31. The predicted octanol–water partition coefficient (Wildman–Crippen LogP) is 3.55. The number of amides is 3. The molecule has 1 fully saturated rings. The SMILES string of the molecule is CN1CCN(C(=O)CC(NC(=O)C=Cc2cc(Cl)ccc2-n2cnnn2)c2cc(-c3ccc(NC(=O)O)cc3)nnc2Cl)CC1. The molecule has 14 nitrogen and oxygen atoms in total. The molecule has 16 heteroatoms. The van der Waals surface area contributed by atoms with Gasteiger partial charge in [-0.2, -0.15) is 4.68 Å². The quantitative estimate of drug-likeness (QED) is 0.227. The first-order valence-electron chi connectivity index (χ1n) is 13.8. The zero-order valence-electron chi connectivity index (χ0n) is 24.0. The number of likely N-dealkylation sites (N-methyl/N-ethyl adjacent to an activating group) is 1. The summed E-state index contributed by atoms with van der Waals surface area (Å²) < 4.78 is 1.44. The molecule has 2 aromatic heterocycles. The number of tetrazole rings is 1. The second-order valence-corrected chi connectivity index (χ2v) is 11.0. The molecule has 1 unspecified atom stereocenters. The van der Waals surface area contributed by atoms with Crippen LogP contribution in [0.4, 0.5) is 10.5 Å². The summed E-state index contributed by atoms with van der Waals surface area (Å²) in [4.78, 5) is 41.6. The molecule has 3 amide bonds. The topological polar surface area (TPSA) is 171 Å². The summed E-state index contributed by atoms with van der Waals surface area (Å²) in [5.41, 5.74) is 3.01. The lowest BCUT2D eigenvalue weighted by molar-refractivity contribution is -0.133. The van der Waals surface area contributed by atoms with Crippen LogP contribution < -0.4 is 10.6 Å². The van der Waals surface area contributed by atoms with Gasteiger partial charge in [0.15, 0.2) is 5.15 Å². The third kappa shape index (κ3) is 8.17. The Labute approximate surface area is 267 Å². The lowest BCUT2D eigenvalue weighted by Crippen LogP contribution is -2.48. The fourth-order valence-corrected chi connectivity index (χ4v) is 5.15. The van der Waals surface area contributed by atoms with E-state index in [0.717, 1.165) is 13.1 Å². The van der Waals surface area contributed by atoms with Crippen molar-refractivity contribution in [1.29, 1.82) is 0 Å². The van der Waals surface area contributed by atoms with E-state index in [2.05, 4.69) is 41.3 Å². The Morgan fingerprint density at radius 3 is 2.47 bits per heavy atom. The molecule has 0 spiro atoms. The van der Waals surface area contributed by atoms with Crippen LogP contribution in [0, 0.1) is 0 Å². The third-order valence-electron chi connectivity index (χ3n) is 7.13.